The molecule has 1 unspecified atom stereocenters. The van der Waals surface area contributed by atoms with Crippen LogP contribution in [0.3, 0.4) is 0 Å². The van der Waals surface area contributed by atoms with Crippen molar-refractivity contribution in [2.24, 2.45) is 0 Å². The van der Waals surface area contributed by atoms with Gasteiger partial charge in [0, 0.05) is 12.0 Å². The molecule has 2 rings (SSSR count). The van der Waals surface area contributed by atoms with Crippen LogP contribution in [-0.4, -0.2) is 20.6 Å². The van der Waals surface area contributed by atoms with Gasteiger partial charge in [-0.25, -0.2) is 9.78 Å². The molecule has 0 spiro atoms. The molecule has 0 saturated carbocycles. The second kappa shape index (κ2) is 6.29. The number of hydrogen-bond acceptors (Lipinski definition) is 2. The van der Waals surface area contributed by atoms with Crippen molar-refractivity contribution in [1.29, 1.82) is 0 Å². The van der Waals surface area contributed by atoms with Crippen molar-refractivity contribution in [3.05, 3.63) is 29.6 Å². The Labute approximate surface area is 125 Å². The summed E-state index contributed by atoms with van der Waals surface area (Å²) in [5, 5.41) is 9.22. The van der Waals surface area contributed by atoms with E-state index < -0.39 is 5.97 Å². The average molecular weight is 288 g/mol. The van der Waals surface area contributed by atoms with Gasteiger partial charge >= 0.3 is 5.97 Å². The molecular weight excluding hydrogens is 264 g/mol. The molecule has 114 valence electrons. The molecule has 0 aliphatic rings. The summed E-state index contributed by atoms with van der Waals surface area (Å²) in [7, 11) is 0. The third kappa shape index (κ3) is 2.94. The van der Waals surface area contributed by atoms with Crippen molar-refractivity contribution in [2.75, 3.05) is 0 Å². The number of imidazole rings is 1. The Hall–Kier alpha value is -1.84. The van der Waals surface area contributed by atoms with E-state index in [9.17, 15) is 9.90 Å². The van der Waals surface area contributed by atoms with E-state index in [4.69, 9.17) is 4.98 Å². The number of carboxylic acids is 1. The molecule has 21 heavy (non-hydrogen) atoms. The highest BCUT2D eigenvalue weighted by Gasteiger charge is 2.20. The highest BCUT2D eigenvalue weighted by atomic mass is 16.4. The van der Waals surface area contributed by atoms with E-state index in [1.807, 2.05) is 6.07 Å². The van der Waals surface area contributed by atoms with Gasteiger partial charge in [-0.05, 0) is 31.0 Å². The molecule has 2 aromatic rings. The maximum atomic E-state index is 11.2. The summed E-state index contributed by atoms with van der Waals surface area (Å²) < 4.78 is 2.26. The fraction of sp³-hybridized carbons (Fsp3) is 0.529. The van der Waals surface area contributed by atoms with E-state index in [2.05, 4.69) is 32.3 Å². The van der Waals surface area contributed by atoms with Crippen molar-refractivity contribution >= 4 is 17.0 Å². The topological polar surface area (TPSA) is 55.1 Å². The Kier molecular flexibility index (Phi) is 4.66. The maximum absolute atomic E-state index is 11.2. The summed E-state index contributed by atoms with van der Waals surface area (Å²) in [6.07, 6.45) is 3.21. The first-order valence-corrected chi connectivity index (χ1v) is 7.74. The molecule has 0 aliphatic heterocycles. The van der Waals surface area contributed by atoms with Crippen LogP contribution in [0.1, 0.15) is 75.1 Å². The molecule has 0 radical (unpaired) electrons. The monoisotopic (exact) mass is 288 g/mol. The number of benzene rings is 1. The number of fused-ring (bicyclic) bond motifs is 1. The largest absolute Gasteiger partial charge is 0.478 e. The minimum absolute atomic E-state index is 0.316. The van der Waals surface area contributed by atoms with E-state index in [1.165, 1.54) is 0 Å². The van der Waals surface area contributed by atoms with Crippen molar-refractivity contribution in [2.45, 2.75) is 58.9 Å². The lowest BCUT2D eigenvalue weighted by atomic mass is 10.1. The average Bonchev–Trinajstić information content (AvgIpc) is 2.83. The summed E-state index contributed by atoms with van der Waals surface area (Å²) >= 11 is 0. The van der Waals surface area contributed by atoms with Crippen LogP contribution < -0.4 is 0 Å². The van der Waals surface area contributed by atoms with Gasteiger partial charge in [-0.2, -0.15) is 0 Å². The summed E-state index contributed by atoms with van der Waals surface area (Å²) in [6.45, 7) is 8.62. The summed E-state index contributed by atoms with van der Waals surface area (Å²) in [5.74, 6) is 0.476. The second-order valence-electron chi connectivity index (χ2n) is 5.85. The van der Waals surface area contributed by atoms with Crippen molar-refractivity contribution in [3.63, 3.8) is 0 Å². The van der Waals surface area contributed by atoms with Gasteiger partial charge in [-0.3, -0.25) is 0 Å². The molecular formula is C17H24N2O2. The van der Waals surface area contributed by atoms with Crippen LogP contribution in [0.25, 0.3) is 11.0 Å². The Morgan fingerprint density at radius 1 is 1.33 bits per heavy atom. The molecule has 0 amide bonds. The molecule has 1 atom stereocenters. The number of aromatic nitrogens is 2. The van der Waals surface area contributed by atoms with Crippen molar-refractivity contribution < 1.29 is 9.90 Å². The first-order valence-electron chi connectivity index (χ1n) is 7.74. The third-order valence-corrected chi connectivity index (χ3v) is 3.94. The van der Waals surface area contributed by atoms with Gasteiger partial charge in [-0.15, -0.1) is 0 Å². The number of carbonyl (C=O) groups is 1. The van der Waals surface area contributed by atoms with Crippen molar-refractivity contribution in [3.8, 4) is 0 Å². The van der Waals surface area contributed by atoms with Gasteiger partial charge in [-0.1, -0.05) is 34.1 Å². The first kappa shape index (κ1) is 15.5. The lowest BCUT2D eigenvalue weighted by molar-refractivity contribution is 0.0697. The lowest BCUT2D eigenvalue weighted by Crippen LogP contribution is -2.13. The molecule has 0 bridgehead atoms. The maximum Gasteiger partial charge on any atom is 0.335 e. The quantitative estimate of drug-likeness (QED) is 0.844. The predicted molar refractivity (Wildman–Crippen MR) is 85.0 cm³/mol. The number of nitrogens with zero attached hydrogens (tertiary/aromatic N) is 2. The second-order valence-corrected chi connectivity index (χ2v) is 5.85. The van der Waals surface area contributed by atoms with Crippen molar-refractivity contribution in [1.82, 2.24) is 9.55 Å². The minimum Gasteiger partial charge on any atom is -0.478 e. The molecule has 1 N–H and O–H groups in total. The first-order chi connectivity index (χ1) is 9.99. The zero-order valence-electron chi connectivity index (χ0n) is 13.3. The lowest BCUT2D eigenvalue weighted by Gasteiger charge is -2.21. The van der Waals surface area contributed by atoms with E-state index >= 15 is 0 Å². The van der Waals surface area contributed by atoms with Gasteiger partial charge in [0.1, 0.15) is 5.82 Å². The molecule has 0 fully saturated rings. The van der Waals surface area contributed by atoms with E-state index in [0.717, 1.165) is 36.1 Å². The summed E-state index contributed by atoms with van der Waals surface area (Å²) in [5.41, 5.74) is 2.16. The minimum atomic E-state index is -0.890. The Morgan fingerprint density at radius 3 is 2.57 bits per heavy atom. The molecule has 1 aromatic carbocycles. The van der Waals surface area contributed by atoms with Crippen LogP contribution >= 0.6 is 0 Å². The molecule has 0 saturated heterocycles. The standard InChI is InChI=1S/C17H24N2O2/c1-5-7-13(6-2)19-15-10-12(17(20)21)8-9-14(15)18-16(19)11(3)4/h8-11,13H,5-7H2,1-4H3,(H,20,21). The summed E-state index contributed by atoms with van der Waals surface area (Å²) in [4.78, 5) is 16.0. The Bertz CT molecular complexity index is 644. The molecule has 4 nitrogen and oxygen atoms in total. The van der Waals surface area contributed by atoms with E-state index in [1.54, 1.807) is 12.1 Å². The molecule has 1 heterocycles. The normalized spacial score (nSPS) is 13.0. The summed E-state index contributed by atoms with van der Waals surface area (Å²) in [6, 6.07) is 5.59. The van der Waals surface area contributed by atoms with Gasteiger partial charge in [0.25, 0.3) is 0 Å². The van der Waals surface area contributed by atoms with Crippen LogP contribution in [0.2, 0.25) is 0 Å². The molecule has 0 aliphatic carbocycles. The highest BCUT2D eigenvalue weighted by Crippen LogP contribution is 2.30. The van der Waals surface area contributed by atoms with Crippen LogP contribution in [0.4, 0.5) is 0 Å². The number of carboxylic acid groups (broad SMARTS) is 1. The number of rotatable bonds is 6. The van der Waals surface area contributed by atoms with Gasteiger partial charge in [0.15, 0.2) is 0 Å². The Balaban J connectivity index is 2.69. The molecule has 4 heteroatoms. The zero-order valence-corrected chi connectivity index (χ0v) is 13.3. The number of aromatic carboxylic acids is 1. The fourth-order valence-corrected chi connectivity index (χ4v) is 2.88. The van der Waals surface area contributed by atoms with Gasteiger partial charge in [0.2, 0.25) is 0 Å². The number of hydrogen-bond donors (Lipinski definition) is 1. The van der Waals surface area contributed by atoms with E-state index in [-0.39, 0.29) is 0 Å². The van der Waals surface area contributed by atoms with Crippen LogP contribution in [-0.2, 0) is 0 Å². The van der Waals surface area contributed by atoms with Crippen LogP contribution in [0.5, 0.6) is 0 Å². The smallest absolute Gasteiger partial charge is 0.335 e. The SMILES string of the molecule is CCCC(CC)n1c(C(C)C)nc2ccc(C(=O)O)cc21. The predicted octanol–water partition coefficient (Wildman–Crippen LogP) is 4.61. The van der Waals surface area contributed by atoms with E-state index in [0.29, 0.717) is 17.5 Å². The van der Waals surface area contributed by atoms with Gasteiger partial charge < -0.3 is 9.67 Å². The van der Waals surface area contributed by atoms with Crippen LogP contribution in [0, 0.1) is 0 Å². The highest BCUT2D eigenvalue weighted by molar-refractivity contribution is 5.92. The molecule has 1 aromatic heterocycles. The van der Waals surface area contributed by atoms with Gasteiger partial charge in [0.05, 0.1) is 16.6 Å². The zero-order chi connectivity index (χ0) is 15.6. The Morgan fingerprint density at radius 2 is 2.05 bits per heavy atom. The van der Waals surface area contributed by atoms with Crippen LogP contribution in [0.15, 0.2) is 18.2 Å². The fourth-order valence-electron chi connectivity index (χ4n) is 2.88. The third-order valence-electron chi connectivity index (χ3n) is 3.94.